The SMILES string of the molecule is COS(=O)(=O)c1cc(Nc2nc(Cc3ccccc3)nc(NCC(C)O)n2)ccc1/C=C/c1ccc(Cc2nc(NCC(C)O)nc(Nc3ccccc3)n2)cc1CS(=O)(=O)O. The van der Waals surface area contributed by atoms with Crippen molar-refractivity contribution in [3.8, 4) is 0 Å². The van der Waals surface area contributed by atoms with Gasteiger partial charge in [-0.25, -0.2) is 0 Å². The first-order valence-corrected chi connectivity index (χ1v) is 22.3. The van der Waals surface area contributed by atoms with Crippen molar-refractivity contribution in [1.82, 2.24) is 29.9 Å². The van der Waals surface area contributed by atoms with E-state index in [1.165, 1.54) is 24.3 Å². The van der Waals surface area contributed by atoms with E-state index in [1.807, 2.05) is 60.7 Å². The summed E-state index contributed by atoms with van der Waals surface area (Å²) < 4.78 is 65.9. The van der Waals surface area contributed by atoms with Crippen molar-refractivity contribution in [2.75, 3.05) is 41.5 Å². The fourth-order valence-corrected chi connectivity index (χ4v) is 7.49. The molecule has 6 aromatic rings. The third-order valence-electron chi connectivity index (χ3n) is 8.82. The van der Waals surface area contributed by atoms with E-state index in [1.54, 1.807) is 38.1 Å². The number of rotatable bonds is 20. The molecule has 2 heterocycles. The van der Waals surface area contributed by atoms with Gasteiger partial charge < -0.3 is 31.5 Å². The Labute approximate surface area is 359 Å². The Morgan fingerprint density at radius 1 is 0.613 bits per heavy atom. The maximum atomic E-state index is 13.3. The Morgan fingerprint density at radius 2 is 1.13 bits per heavy atom. The molecule has 0 radical (unpaired) electrons. The molecule has 0 saturated heterocycles. The zero-order valence-corrected chi connectivity index (χ0v) is 35.6. The van der Waals surface area contributed by atoms with Crippen LogP contribution in [0.2, 0.25) is 0 Å². The van der Waals surface area contributed by atoms with Crippen LogP contribution in [0.3, 0.4) is 0 Å². The molecule has 0 fully saturated rings. The van der Waals surface area contributed by atoms with Crippen molar-refractivity contribution < 1.29 is 35.8 Å². The molecule has 0 aliphatic carbocycles. The van der Waals surface area contributed by atoms with Gasteiger partial charge in [0.15, 0.2) is 0 Å². The smallest absolute Gasteiger partial charge is 0.297 e. The molecule has 4 aromatic carbocycles. The maximum absolute atomic E-state index is 13.3. The van der Waals surface area contributed by atoms with E-state index in [9.17, 15) is 31.6 Å². The minimum atomic E-state index is -4.51. The van der Waals surface area contributed by atoms with Gasteiger partial charge in [0.2, 0.25) is 23.8 Å². The zero-order chi connectivity index (χ0) is 44.3. The van der Waals surface area contributed by atoms with Gasteiger partial charge in [-0.05, 0) is 65.9 Å². The van der Waals surface area contributed by atoms with Crippen molar-refractivity contribution in [2.45, 2.75) is 49.5 Å². The molecule has 2 atom stereocenters. The molecule has 0 bridgehead atoms. The van der Waals surface area contributed by atoms with E-state index in [2.05, 4.69) is 51.2 Å². The first kappa shape index (κ1) is 45.1. The van der Waals surface area contributed by atoms with Crippen LogP contribution in [0.4, 0.5) is 35.2 Å². The molecular formula is C42H46N10O8S2. The predicted octanol–water partition coefficient (Wildman–Crippen LogP) is 5.20. The summed E-state index contributed by atoms with van der Waals surface area (Å²) >= 11 is 0. The van der Waals surface area contributed by atoms with Gasteiger partial charge in [0.1, 0.15) is 22.3 Å². The van der Waals surface area contributed by atoms with E-state index in [-0.39, 0.29) is 59.3 Å². The van der Waals surface area contributed by atoms with Gasteiger partial charge in [-0.15, -0.1) is 0 Å². The first-order chi connectivity index (χ1) is 29.6. The molecule has 20 heteroatoms. The molecule has 0 spiro atoms. The van der Waals surface area contributed by atoms with E-state index in [0.29, 0.717) is 34.9 Å². The lowest BCUT2D eigenvalue weighted by atomic mass is 10.0. The largest absolute Gasteiger partial charge is 0.392 e. The lowest BCUT2D eigenvalue weighted by molar-refractivity contribution is 0.207. The minimum absolute atomic E-state index is 0.117. The van der Waals surface area contributed by atoms with Gasteiger partial charge in [-0.3, -0.25) is 8.74 Å². The maximum Gasteiger partial charge on any atom is 0.297 e. The van der Waals surface area contributed by atoms with E-state index < -0.39 is 38.2 Å². The summed E-state index contributed by atoms with van der Waals surface area (Å²) in [6, 6.07) is 28.3. The van der Waals surface area contributed by atoms with Crippen molar-refractivity contribution in [1.29, 1.82) is 0 Å². The van der Waals surface area contributed by atoms with Crippen molar-refractivity contribution in [3.63, 3.8) is 0 Å². The monoisotopic (exact) mass is 882 g/mol. The van der Waals surface area contributed by atoms with Crippen molar-refractivity contribution in [3.05, 3.63) is 137 Å². The van der Waals surface area contributed by atoms with Crippen LogP contribution in [0.15, 0.2) is 102 Å². The van der Waals surface area contributed by atoms with Crippen LogP contribution >= 0.6 is 0 Å². The Balaban J connectivity index is 1.30. The zero-order valence-electron chi connectivity index (χ0n) is 34.0. The Bertz CT molecular complexity index is 2730. The van der Waals surface area contributed by atoms with Crippen LogP contribution in [-0.2, 0) is 43.0 Å². The summed E-state index contributed by atoms with van der Waals surface area (Å²) in [5, 5.41) is 31.8. The first-order valence-electron chi connectivity index (χ1n) is 19.3. The van der Waals surface area contributed by atoms with Gasteiger partial charge >= 0.3 is 0 Å². The summed E-state index contributed by atoms with van der Waals surface area (Å²) in [5.41, 5.74) is 3.40. The lowest BCUT2D eigenvalue weighted by Crippen LogP contribution is -2.18. The normalized spacial score (nSPS) is 12.8. The Morgan fingerprint density at radius 3 is 1.69 bits per heavy atom. The fraction of sp³-hybridized carbons (Fsp3) is 0.238. The number of nitrogens with one attached hydrogen (secondary N) is 4. The molecule has 0 aliphatic rings. The standard InChI is InChI=1S/C42H46N10O8S2/c1-27(53)24-43-39-47-37(21-29-10-6-4-7-11-29)49-42(52-39)46-35-19-18-32(36(23-35)62(58,59)60-3)17-16-31-15-14-30(20-33(31)26-61(55,56)57)22-38-48-40(44-25-28(2)54)51-41(50-38)45-34-12-8-5-9-13-34/h4-20,23,27-28,53-54H,21-22,24-26H2,1-3H3,(H,55,56,57)(H2,43,46,47,49,52)(H2,44,45,48,50,51)/b17-16+. The number of hydrogen-bond acceptors (Lipinski definition) is 17. The van der Waals surface area contributed by atoms with E-state index in [0.717, 1.165) is 18.4 Å². The molecule has 7 N–H and O–H groups in total. The number of para-hydroxylation sites is 1. The highest BCUT2D eigenvalue weighted by atomic mass is 32.2. The third-order valence-corrected chi connectivity index (χ3v) is 10.8. The van der Waals surface area contributed by atoms with Gasteiger partial charge in [0.05, 0.1) is 19.3 Å². The fourth-order valence-electron chi connectivity index (χ4n) is 5.98. The molecule has 62 heavy (non-hydrogen) atoms. The van der Waals surface area contributed by atoms with Crippen LogP contribution < -0.4 is 21.3 Å². The summed E-state index contributed by atoms with van der Waals surface area (Å²) in [4.78, 5) is 26.7. The molecule has 2 aromatic heterocycles. The highest BCUT2D eigenvalue weighted by Gasteiger charge is 2.20. The quantitative estimate of drug-likeness (QED) is 0.0295. The average Bonchev–Trinajstić information content (AvgIpc) is 3.22. The summed E-state index contributed by atoms with van der Waals surface area (Å²) in [6.07, 6.45) is 2.18. The summed E-state index contributed by atoms with van der Waals surface area (Å²) in [6.45, 7) is 3.59. The number of hydrogen-bond donors (Lipinski definition) is 7. The van der Waals surface area contributed by atoms with Gasteiger partial charge in [0.25, 0.3) is 20.2 Å². The number of benzene rings is 4. The Kier molecular flexibility index (Phi) is 14.9. The molecule has 6 rings (SSSR count). The van der Waals surface area contributed by atoms with Crippen LogP contribution in [0.5, 0.6) is 0 Å². The van der Waals surface area contributed by atoms with Crippen LogP contribution in [0.25, 0.3) is 12.2 Å². The highest BCUT2D eigenvalue weighted by molar-refractivity contribution is 7.86. The van der Waals surface area contributed by atoms with Gasteiger partial charge in [0, 0.05) is 37.3 Å². The molecule has 324 valence electrons. The second kappa shape index (κ2) is 20.4. The summed E-state index contributed by atoms with van der Waals surface area (Å²) in [5.74, 6) is 0.788. The lowest BCUT2D eigenvalue weighted by Gasteiger charge is -2.13. The topological polar surface area (TPSA) is 264 Å². The predicted molar refractivity (Wildman–Crippen MR) is 236 cm³/mol. The molecule has 0 saturated carbocycles. The van der Waals surface area contributed by atoms with E-state index in [4.69, 9.17) is 4.18 Å². The van der Waals surface area contributed by atoms with Crippen LogP contribution in [0, 0.1) is 0 Å². The number of aliphatic hydroxyl groups excluding tert-OH is 2. The summed E-state index contributed by atoms with van der Waals surface area (Å²) in [7, 11) is -7.78. The highest BCUT2D eigenvalue weighted by Crippen LogP contribution is 2.28. The van der Waals surface area contributed by atoms with E-state index >= 15 is 0 Å². The number of nitrogens with zero attached hydrogens (tertiary/aromatic N) is 6. The number of anilines is 6. The number of aromatic nitrogens is 6. The van der Waals surface area contributed by atoms with Crippen LogP contribution in [0.1, 0.15) is 53.3 Å². The Hall–Kier alpha value is -6.42. The molecule has 0 aliphatic heterocycles. The minimum Gasteiger partial charge on any atom is -0.392 e. The van der Waals surface area contributed by atoms with Gasteiger partial charge in [-0.2, -0.15) is 46.7 Å². The van der Waals surface area contributed by atoms with Gasteiger partial charge in [-0.1, -0.05) is 84.9 Å². The second-order valence-corrected chi connectivity index (χ2v) is 17.3. The average molecular weight is 883 g/mol. The molecular weight excluding hydrogens is 837 g/mol. The molecule has 0 amide bonds. The van der Waals surface area contributed by atoms with Crippen LogP contribution in [-0.4, -0.2) is 93.9 Å². The van der Waals surface area contributed by atoms with Crippen molar-refractivity contribution >= 4 is 67.6 Å². The molecule has 2 unspecified atom stereocenters. The second-order valence-electron chi connectivity index (χ2n) is 14.2. The van der Waals surface area contributed by atoms with Crippen molar-refractivity contribution in [2.24, 2.45) is 0 Å². The number of aliphatic hydroxyl groups is 2. The third kappa shape index (κ3) is 13.5. The molecule has 18 nitrogen and oxygen atoms in total.